The van der Waals surface area contributed by atoms with Crippen LogP contribution in [0, 0.1) is 17.1 Å². The van der Waals surface area contributed by atoms with Crippen molar-refractivity contribution in [1.82, 2.24) is 5.32 Å². The first kappa shape index (κ1) is 16.8. The van der Waals surface area contributed by atoms with E-state index in [-0.39, 0.29) is 11.7 Å². The summed E-state index contributed by atoms with van der Waals surface area (Å²) in [4.78, 5) is 11.8. The molecule has 23 heavy (non-hydrogen) atoms. The summed E-state index contributed by atoms with van der Waals surface area (Å²) in [6.07, 6.45) is 0.656. The molecular formula is C17H15ClFN3O. The normalized spacial score (nSPS) is 9.96. The molecule has 0 aliphatic carbocycles. The molecule has 0 atom stereocenters. The number of hydrogen-bond acceptors (Lipinski definition) is 3. The zero-order chi connectivity index (χ0) is 16.7. The monoisotopic (exact) mass is 331 g/mol. The predicted molar refractivity (Wildman–Crippen MR) is 88.0 cm³/mol. The number of anilines is 1. The second-order valence-electron chi connectivity index (χ2n) is 4.82. The first-order valence-corrected chi connectivity index (χ1v) is 7.46. The smallest absolute Gasteiger partial charge is 0.251 e. The van der Waals surface area contributed by atoms with Crippen LogP contribution in [-0.4, -0.2) is 19.0 Å². The van der Waals surface area contributed by atoms with E-state index in [4.69, 9.17) is 16.9 Å². The Kier molecular flexibility index (Phi) is 5.95. The molecular weight excluding hydrogens is 317 g/mol. The van der Waals surface area contributed by atoms with Gasteiger partial charge >= 0.3 is 0 Å². The SMILES string of the molecule is N#Cc1cccc(Cl)c1NCCCNC(=O)c1ccc(F)cc1. The summed E-state index contributed by atoms with van der Waals surface area (Å²) in [5.74, 6) is -0.626. The van der Waals surface area contributed by atoms with Gasteiger partial charge in [0.15, 0.2) is 0 Å². The molecule has 2 aromatic rings. The van der Waals surface area contributed by atoms with Crippen molar-refractivity contribution in [1.29, 1.82) is 5.26 Å². The van der Waals surface area contributed by atoms with E-state index < -0.39 is 0 Å². The van der Waals surface area contributed by atoms with E-state index >= 15 is 0 Å². The molecule has 0 aliphatic heterocycles. The van der Waals surface area contributed by atoms with Crippen LogP contribution >= 0.6 is 11.6 Å². The second-order valence-corrected chi connectivity index (χ2v) is 5.22. The fraction of sp³-hybridized carbons (Fsp3) is 0.176. The quantitative estimate of drug-likeness (QED) is 0.795. The van der Waals surface area contributed by atoms with Gasteiger partial charge in [-0.1, -0.05) is 17.7 Å². The second kappa shape index (κ2) is 8.16. The number of hydrogen-bond donors (Lipinski definition) is 2. The minimum Gasteiger partial charge on any atom is -0.383 e. The lowest BCUT2D eigenvalue weighted by molar-refractivity contribution is 0.0953. The van der Waals surface area contributed by atoms with Gasteiger partial charge in [-0.25, -0.2) is 4.39 Å². The summed E-state index contributed by atoms with van der Waals surface area (Å²) in [5.41, 5.74) is 1.49. The first-order chi connectivity index (χ1) is 11.1. The van der Waals surface area contributed by atoms with Gasteiger partial charge in [-0.05, 0) is 42.8 Å². The number of nitriles is 1. The van der Waals surface area contributed by atoms with Crippen molar-refractivity contribution in [2.75, 3.05) is 18.4 Å². The fourth-order valence-electron chi connectivity index (χ4n) is 2.00. The lowest BCUT2D eigenvalue weighted by Crippen LogP contribution is -2.25. The van der Waals surface area contributed by atoms with Crippen LogP contribution in [0.4, 0.5) is 10.1 Å². The van der Waals surface area contributed by atoms with Gasteiger partial charge in [-0.2, -0.15) is 5.26 Å². The molecule has 0 bridgehead atoms. The van der Waals surface area contributed by atoms with Crippen LogP contribution in [0.2, 0.25) is 5.02 Å². The Bertz CT molecular complexity index is 726. The minimum absolute atomic E-state index is 0.250. The van der Waals surface area contributed by atoms with Crippen molar-refractivity contribution in [2.24, 2.45) is 0 Å². The lowest BCUT2D eigenvalue weighted by atomic mass is 10.2. The Balaban J connectivity index is 1.77. The molecule has 0 radical (unpaired) electrons. The zero-order valence-corrected chi connectivity index (χ0v) is 13.0. The van der Waals surface area contributed by atoms with Crippen LogP contribution in [-0.2, 0) is 0 Å². The van der Waals surface area contributed by atoms with Crippen molar-refractivity contribution in [3.63, 3.8) is 0 Å². The van der Waals surface area contributed by atoms with Gasteiger partial charge in [-0.15, -0.1) is 0 Å². The van der Waals surface area contributed by atoms with E-state index in [1.807, 2.05) is 0 Å². The highest BCUT2D eigenvalue weighted by molar-refractivity contribution is 6.33. The van der Waals surface area contributed by atoms with Crippen LogP contribution in [0.25, 0.3) is 0 Å². The molecule has 0 heterocycles. The molecule has 0 saturated heterocycles. The van der Waals surface area contributed by atoms with Gasteiger partial charge in [0.1, 0.15) is 11.9 Å². The minimum atomic E-state index is -0.376. The summed E-state index contributed by atoms with van der Waals surface area (Å²) < 4.78 is 12.8. The number of para-hydroxylation sites is 1. The summed E-state index contributed by atoms with van der Waals surface area (Å²) in [5, 5.41) is 15.4. The number of carbonyl (C=O) groups excluding carboxylic acids is 1. The summed E-state index contributed by atoms with van der Waals surface area (Å²) in [6, 6.07) is 12.6. The number of benzene rings is 2. The largest absolute Gasteiger partial charge is 0.383 e. The Hall–Kier alpha value is -2.58. The number of halogens is 2. The van der Waals surface area contributed by atoms with Crippen molar-refractivity contribution >= 4 is 23.2 Å². The fourth-order valence-corrected chi connectivity index (χ4v) is 2.25. The Morgan fingerprint density at radius 2 is 1.91 bits per heavy atom. The molecule has 6 heteroatoms. The number of rotatable bonds is 6. The number of nitrogens with zero attached hydrogens (tertiary/aromatic N) is 1. The third-order valence-electron chi connectivity index (χ3n) is 3.18. The maximum atomic E-state index is 12.8. The molecule has 4 nitrogen and oxygen atoms in total. The van der Waals surface area contributed by atoms with E-state index in [1.165, 1.54) is 24.3 Å². The van der Waals surface area contributed by atoms with Crippen LogP contribution < -0.4 is 10.6 Å². The van der Waals surface area contributed by atoms with Crippen LogP contribution in [0.15, 0.2) is 42.5 Å². The van der Waals surface area contributed by atoms with E-state index in [1.54, 1.807) is 18.2 Å². The van der Waals surface area contributed by atoms with Crippen LogP contribution in [0.1, 0.15) is 22.3 Å². The Morgan fingerprint density at radius 1 is 1.17 bits per heavy atom. The molecule has 0 unspecified atom stereocenters. The van der Waals surface area contributed by atoms with Gasteiger partial charge in [0, 0.05) is 18.7 Å². The molecule has 0 spiro atoms. The van der Waals surface area contributed by atoms with Gasteiger partial charge in [-0.3, -0.25) is 4.79 Å². The van der Waals surface area contributed by atoms with E-state index in [0.717, 1.165) is 0 Å². The van der Waals surface area contributed by atoms with Crippen molar-refractivity contribution in [3.05, 3.63) is 64.4 Å². The molecule has 0 aliphatic rings. The standard InChI is InChI=1S/C17H15ClFN3O/c18-15-4-1-3-13(11-20)16(15)21-9-2-10-22-17(23)12-5-7-14(19)8-6-12/h1,3-8,21H,2,9-10H2,(H,22,23). The molecule has 0 saturated carbocycles. The summed E-state index contributed by atoms with van der Waals surface area (Å²) >= 11 is 6.05. The first-order valence-electron chi connectivity index (χ1n) is 7.08. The Morgan fingerprint density at radius 3 is 2.61 bits per heavy atom. The third-order valence-corrected chi connectivity index (χ3v) is 3.50. The summed E-state index contributed by atoms with van der Waals surface area (Å²) in [6.45, 7) is 1.01. The van der Waals surface area contributed by atoms with Gasteiger partial charge in [0.25, 0.3) is 5.91 Å². The highest BCUT2D eigenvalue weighted by Gasteiger charge is 2.07. The number of carbonyl (C=O) groups is 1. The highest BCUT2D eigenvalue weighted by Crippen LogP contribution is 2.25. The molecule has 2 aromatic carbocycles. The van der Waals surface area contributed by atoms with Crippen LogP contribution in [0.5, 0.6) is 0 Å². The van der Waals surface area contributed by atoms with Gasteiger partial charge < -0.3 is 10.6 Å². The van der Waals surface area contributed by atoms with Crippen molar-refractivity contribution in [3.8, 4) is 6.07 Å². The van der Waals surface area contributed by atoms with E-state index in [0.29, 0.717) is 41.3 Å². The van der Waals surface area contributed by atoms with Gasteiger partial charge in [0.2, 0.25) is 0 Å². The lowest BCUT2D eigenvalue weighted by Gasteiger charge is -2.10. The maximum absolute atomic E-state index is 12.8. The molecule has 0 aromatic heterocycles. The van der Waals surface area contributed by atoms with E-state index in [2.05, 4.69) is 16.7 Å². The topological polar surface area (TPSA) is 64.9 Å². The molecule has 1 amide bonds. The average Bonchev–Trinajstić information content (AvgIpc) is 2.56. The van der Waals surface area contributed by atoms with Crippen molar-refractivity contribution < 1.29 is 9.18 Å². The molecule has 118 valence electrons. The number of amides is 1. The van der Waals surface area contributed by atoms with Crippen LogP contribution in [0.3, 0.4) is 0 Å². The summed E-state index contributed by atoms with van der Waals surface area (Å²) in [7, 11) is 0. The average molecular weight is 332 g/mol. The molecule has 2 rings (SSSR count). The molecule has 2 N–H and O–H groups in total. The van der Waals surface area contributed by atoms with Crippen molar-refractivity contribution in [2.45, 2.75) is 6.42 Å². The number of nitrogens with one attached hydrogen (secondary N) is 2. The Labute approximate surface area is 138 Å². The predicted octanol–water partition coefficient (Wildman–Crippen LogP) is 3.58. The third kappa shape index (κ3) is 4.70. The van der Waals surface area contributed by atoms with Gasteiger partial charge in [0.05, 0.1) is 16.3 Å². The van der Waals surface area contributed by atoms with E-state index in [9.17, 15) is 9.18 Å². The highest BCUT2D eigenvalue weighted by atomic mass is 35.5. The zero-order valence-electron chi connectivity index (χ0n) is 12.3. The maximum Gasteiger partial charge on any atom is 0.251 e. The molecule has 0 fully saturated rings.